The first kappa shape index (κ1) is 58.6. The molecule has 0 spiro atoms. The van der Waals surface area contributed by atoms with E-state index in [1.165, 1.54) is 7.11 Å². The van der Waals surface area contributed by atoms with Gasteiger partial charge in [0.05, 0.1) is 71.7 Å². The molecule has 6 amide bonds. The first-order chi connectivity index (χ1) is 29.8. The van der Waals surface area contributed by atoms with Gasteiger partial charge in [-0.15, -0.1) is 0 Å². The minimum absolute atomic E-state index is 0.0507. The van der Waals surface area contributed by atoms with Gasteiger partial charge in [0.15, 0.2) is 0 Å². The highest BCUT2D eigenvalue weighted by atomic mass is 31.2. The zero-order valence-electron chi connectivity index (χ0n) is 36.7. The van der Waals surface area contributed by atoms with Crippen LogP contribution in [0.3, 0.4) is 0 Å². The minimum Gasteiger partial charge on any atom is -0.377 e. The van der Waals surface area contributed by atoms with E-state index >= 15 is 0 Å². The second-order valence-electron chi connectivity index (χ2n) is 14.0. The van der Waals surface area contributed by atoms with Crippen LogP contribution in [0.2, 0.25) is 0 Å². The van der Waals surface area contributed by atoms with Crippen LogP contribution in [0.1, 0.15) is 84.5 Å². The number of hydrogen-bond donors (Lipinski definition) is 9. The Balaban J connectivity index is 5.16. The van der Waals surface area contributed by atoms with Crippen LogP contribution in [0.25, 0.3) is 0 Å². The van der Waals surface area contributed by atoms with E-state index in [2.05, 4.69) is 46.4 Å². The quantitative estimate of drug-likeness (QED) is 0.0195. The lowest BCUT2D eigenvalue weighted by atomic mass is 10.1. The van der Waals surface area contributed by atoms with Crippen LogP contribution in [0.15, 0.2) is 0 Å². The Labute approximate surface area is 364 Å². The van der Waals surface area contributed by atoms with Crippen LogP contribution < -0.4 is 49.6 Å². The molecule has 0 aliphatic carbocycles. The third-order valence-electron chi connectivity index (χ3n) is 8.68. The van der Waals surface area contributed by atoms with E-state index < -0.39 is 43.3 Å². The number of nitrogens with one attached hydrogen (secondary N) is 6. The molecular formula is C37H74N9O15P. The number of hydrogen-bond acceptors (Lipinski definition) is 18. The summed E-state index contributed by atoms with van der Waals surface area (Å²) in [5, 5.41) is 16.1. The maximum absolute atomic E-state index is 13.2. The summed E-state index contributed by atoms with van der Waals surface area (Å²) in [6.45, 7) is 6.35. The van der Waals surface area contributed by atoms with Gasteiger partial charge in [-0.1, -0.05) is 26.7 Å². The van der Waals surface area contributed by atoms with Crippen LogP contribution in [-0.4, -0.2) is 153 Å². The monoisotopic (exact) mass is 916 g/mol. The standard InChI is InChI=1S/C37H74N9O15P/c1-29(2)62(53,54-3)61-19-7-5-4-6-15-41-32(47)9-8-10-34(49)45-31(37(52)44-18-22-57-25-28-60-40)12-14-35(50)46-30(36(51)43-17-21-56-24-27-59-39)11-13-33(48)42-16-20-55-23-26-58-38/h29-31H,4-28,38-40H2,1-3H3,(H,41,47)(H,42,48)(H,43,51)(H,44,52)(H,45,49)(H,46,50). The Morgan fingerprint density at radius 2 is 0.903 bits per heavy atom. The summed E-state index contributed by atoms with van der Waals surface area (Å²) >= 11 is 0. The molecule has 0 fully saturated rings. The molecule has 3 unspecified atom stereocenters. The Kier molecular flexibility index (Phi) is 37.1. The Bertz CT molecular complexity index is 1290. The molecule has 0 radical (unpaired) electrons. The van der Waals surface area contributed by atoms with E-state index in [-0.39, 0.29) is 142 Å². The van der Waals surface area contributed by atoms with Crippen molar-refractivity contribution < 1.29 is 71.1 Å². The van der Waals surface area contributed by atoms with Gasteiger partial charge >= 0.3 is 7.60 Å². The van der Waals surface area contributed by atoms with E-state index in [9.17, 15) is 33.3 Å². The zero-order valence-corrected chi connectivity index (χ0v) is 37.6. The van der Waals surface area contributed by atoms with Gasteiger partial charge in [-0.05, 0) is 32.1 Å². The Morgan fingerprint density at radius 3 is 1.39 bits per heavy atom. The second kappa shape index (κ2) is 39.2. The maximum Gasteiger partial charge on any atom is 0.332 e. The highest BCUT2D eigenvalue weighted by Gasteiger charge is 2.28. The maximum atomic E-state index is 13.2. The molecule has 12 N–H and O–H groups in total. The molecule has 24 nitrogen and oxygen atoms in total. The van der Waals surface area contributed by atoms with Crippen LogP contribution in [0.4, 0.5) is 0 Å². The molecule has 0 aromatic heterocycles. The van der Waals surface area contributed by atoms with Gasteiger partial charge in [-0.3, -0.25) is 33.3 Å². The summed E-state index contributed by atoms with van der Waals surface area (Å²) in [7, 11) is -1.71. The average Bonchev–Trinajstić information content (AvgIpc) is 3.25. The number of carbonyl (C=O) groups excluding carboxylic acids is 6. The number of amides is 6. The van der Waals surface area contributed by atoms with Crippen molar-refractivity contribution in [1.29, 1.82) is 0 Å². The molecule has 62 heavy (non-hydrogen) atoms. The lowest BCUT2D eigenvalue weighted by Crippen LogP contribution is -2.50. The normalized spacial score (nSPS) is 13.1. The van der Waals surface area contributed by atoms with Gasteiger partial charge in [0.1, 0.15) is 12.1 Å². The summed E-state index contributed by atoms with van der Waals surface area (Å²) in [5.74, 6) is 12.0. The molecule has 0 aliphatic heterocycles. The number of rotatable bonds is 42. The molecule has 0 heterocycles. The molecule has 0 rings (SSSR count). The molecule has 25 heteroatoms. The number of nitrogens with two attached hydrogens (primary N) is 3. The summed E-state index contributed by atoms with van der Waals surface area (Å²) in [5.41, 5.74) is -0.227. The van der Waals surface area contributed by atoms with Crippen LogP contribution in [-0.2, 0) is 71.1 Å². The van der Waals surface area contributed by atoms with Gasteiger partial charge in [0.25, 0.3) is 0 Å². The third-order valence-corrected chi connectivity index (χ3v) is 11.0. The van der Waals surface area contributed by atoms with Gasteiger partial charge in [-0.2, -0.15) is 0 Å². The van der Waals surface area contributed by atoms with Crippen molar-refractivity contribution in [2.45, 2.75) is 102 Å². The van der Waals surface area contributed by atoms with Crippen molar-refractivity contribution in [1.82, 2.24) is 31.9 Å². The van der Waals surface area contributed by atoms with Crippen molar-refractivity contribution >= 4 is 43.0 Å². The predicted molar refractivity (Wildman–Crippen MR) is 225 cm³/mol. The minimum atomic E-state index is -3.09. The molecule has 0 saturated carbocycles. The lowest BCUT2D eigenvalue weighted by Gasteiger charge is -2.21. The largest absolute Gasteiger partial charge is 0.377 e. The van der Waals surface area contributed by atoms with Crippen LogP contribution in [0.5, 0.6) is 0 Å². The van der Waals surface area contributed by atoms with Crippen molar-refractivity contribution in [2.75, 3.05) is 99.4 Å². The third kappa shape index (κ3) is 32.3. The predicted octanol–water partition coefficient (Wildman–Crippen LogP) is -1.30. The lowest BCUT2D eigenvalue weighted by molar-refractivity contribution is -0.131. The fourth-order valence-electron chi connectivity index (χ4n) is 5.25. The molecule has 0 bridgehead atoms. The number of unbranched alkanes of at least 4 members (excludes halogenated alkanes) is 3. The number of carbonyl (C=O) groups is 6. The molecule has 0 aromatic rings. The first-order valence-electron chi connectivity index (χ1n) is 21.0. The van der Waals surface area contributed by atoms with Crippen LogP contribution >= 0.6 is 7.60 Å². The summed E-state index contributed by atoms with van der Waals surface area (Å²) in [4.78, 5) is 90.5. The van der Waals surface area contributed by atoms with E-state index in [0.29, 0.717) is 19.6 Å². The van der Waals surface area contributed by atoms with E-state index in [4.69, 9.17) is 40.9 Å². The van der Waals surface area contributed by atoms with Crippen molar-refractivity contribution in [3.63, 3.8) is 0 Å². The SMILES string of the molecule is COP(=O)(OCCCCCCNC(=O)CCCC(=O)NC(CCC(=O)NC(CCC(=O)NCCOCCON)C(=O)NCCOCCON)C(=O)NCCOCCON)C(C)C. The Hall–Kier alpha value is -3.39. The summed E-state index contributed by atoms with van der Waals surface area (Å²) < 4.78 is 38.8. The zero-order chi connectivity index (χ0) is 46.3. The summed E-state index contributed by atoms with van der Waals surface area (Å²) in [6.07, 6.45) is 2.76. The molecular weight excluding hydrogens is 841 g/mol. The van der Waals surface area contributed by atoms with Crippen LogP contribution in [0, 0.1) is 0 Å². The molecule has 3 atom stereocenters. The topological polar surface area (TPSA) is 344 Å². The highest BCUT2D eigenvalue weighted by molar-refractivity contribution is 7.54. The van der Waals surface area contributed by atoms with Gasteiger partial charge in [0, 0.05) is 59.0 Å². The summed E-state index contributed by atoms with van der Waals surface area (Å²) in [6, 6.07) is -2.26. The van der Waals surface area contributed by atoms with E-state index in [0.717, 1.165) is 19.3 Å². The van der Waals surface area contributed by atoms with Gasteiger partial charge in [0.2, 0.25) is 35.4 Å². The fraction of sp³-hybridized carbons (Fsp3) is 0.838. The van der Waals surface area contributed by atoms with E-state index in [1.807, 2.05) is 0 Å². The fourth-order valence-corrected chi connectivity index (χ4v) is 6.46. The first-order valence-corrected chi connectivity index (χ1v) is 22.6. The molecule has 0 aliphatic rings. The van der Waals surface area contributed by atoms with E-state index in [1.54, 1.807) is 13.8 Å². The number of ether oxygens (including phenoxy) is 3. The molecule has 0 aromatic carbocycles. The smallest absolute Gasteiger partial charge is 0.332 e. The molecule has 362 valence electrons. The van der Waals surface area contributed by atoms with Gasteiger partial charge in [-0.25, -0.2) is 17.7 Å². The van der Waals surface area contributed by atoms with Crippen molar-refractivity contribution in [3.05, 3.63) is 0 Å². The second-order valence-corrected chi connectivity index (χ2v) is 16.7. The average molecular weight is 916 g/mol. The molecule has 0 saturated heterocycles. The van der Waals surface area contributed by atoms with Crippen molar-refractivity contribution in [2.24, 2.45) is 17.7 Å². The highest BCUT2D eigenvalue weighted by Crippen LogP contribution is 2.52. The van der Waals surface area contributed by atoms with Crippen molar-refractivity contribution in [3.8, 4) is 0 Å². The van der Waals surface area contributed by atoms with Gasteiger partial charge < -0.3 is 69.7 Å². The Morgan fingerprint density at radius 1 is 0.484 bits per heavy atom.